The molecular formula is C17H28FNO5. The Bertz CT molecular complexity index is 472. The summed E-state index contributed by atoms with van der Waals surface area (Å²) < 4.78 is 24.5. The summed E-state index contributed by atoms with van der Waals surface area (Å²) in [6, 6.07) is -0.328. The molecule has 1 N–H and O–H groups in total. The first-order valence-corrected chi connectivity index (χ1v) is 8.21. The van der Waals surface area contributed by atoms with E-state index in [-0.39, 0.29) is 25.6 Å². The smallest absolute Gasteiger partial charge is 0.410 e. The maximum atomic E-state index is 13.6. The van der Waals surface area contributed by atoms with E-state index in [9.17, 15) is 14.0 Å². The SMILES string of the molecule is CC(=CCCCOC[C@@H]1C[C@H](F)CN1C(=O)OC(C)(C)C)C(=O)O. The lowest BCUT2D eigenvalue weighted by atomic mass is 10.2. The molecule has 1 heterocycles. The number of ether oxygens (including phenoxy) is 2. The van der Waals surface area contributed by atoms with Crippen molar-refractivity contribution < 1.29 is 28.6 Å². The van der Waals surface area contributed by atoms with Crippen molar-refractivity contribution >= 4 is 12.1 Å². The van der Waals surface area contributed by atoms with Crippen LogP contribution in [0.15, 0.2) is 11.6 Å². The molecule has 0 aromatic heterocycles. The quantitative estimate of drug-likeness (QED) is 0.566. The van der Waals surface area contributed by atoms with Gasteiger partial charge in [0.15, 0.2) is 0 Å². The molecule has 0 spiro atoms. The van der Waals surface area contributed by atoms with E-state index in [1.54, 1.807) is 33.8 Å². The van der Waals surface area contributed by atoms with E-state index in [4.69, 9.17) is 14.6 Å². The van der Waals surface area contributed by atoms with Crippen molar-refractivity contribution in [2.45, 2.75) is 64.8 Å². The molecule has 1 amide bonds. The number of carbonyl (C=O) groups excluding carboxylic acids is 1. The molecule has 6 nitrogen and oxygen atoms in total. The van der Waals surface area contributed by atoms with Crippen LogP contribution in [0.1, 0.15) is 47.0 Å². The zero-order valence-corrected chi connectivity index (χ0v) is 14.9. The molecule has 0 aromatic rings. The van der Waals surface area contributed by atoms with Crippen molar-refractivity contribution in [3.05, 3.63) is 11.6 Å². The van der Waals surface area contributed by atoms with Gasteiger partial charge >= 0.3 is 12.1 Å². The molecule has 0 radical (unpaired) electrons. The number of carboxylic acid groups (broad SMARTS) is 1. The molecule has 1 fully saturated rings. The fourth-order valence-corrected chi connectivity index (χ4v) is 2.37. The number of unbranched alkanes of at least 4 members (excludes halogenated alkanes) is 1. The summed E-state index contributed by atoms with van der Waals surface area (Å²) in [5, 5.41) is 8.73. The van der Waals surface area contributed by atoms with Gasteiger partial charge in [0, 0.05) is 18.6 Å². The molecule has 0 aromatic carbocycles. The Balaban J connectivity index is 2.36. The zero-order chi connectivity index (χ0) is 18.3. The summed E-state index contributed by atoms with van der Waals surface area (Å²) in [5.74, 6) is -0.927. The van der Waals surface area contributed by atoms with Crippen LogP contribution in [0.25, 0.3) is 0 Å². The third kappa shape index (κ3) is 7.29. The van der Waals surface area contributed by atoms with Crippen LogP contribution in [-0.2, 0) is 14.3 Å². The highest BCUT2D eigenvalue weighted by Crippen LogP contribution is 2.23. The molecule has 2 atom stereocenters. The van der Waals surface area contributed by atoms with Gasteiger partial charge in [0.2, 0.25) is 0 Å². The third-order valence-electron chi connectivity index (χ3n) is 3.58. The maximum Gasteiger partial charge on any atom is 0.410 e. The van der Waals surface area contributed by atoms with Crippen molar-refractivity contribution in [3.63, 3.8) is 0 Å². The molecule has 0 aliphatic carbocycles. The van der Waals surface area contributed by atoms with Gasteiger partial charge in [0.05, 0.1) is 19.2 Å². The first-order valence-electron chi connectivity index (χ1n) is 8.21. The summed E-state index contributed by atoms with van der Waals surface area (Å²) in [5.41, 5.74) is -0.312. The average Bonchev–Trinajstić information content (AvgIpc) is 2.81. The zero-order valence-electron chi connectivity index (χ0n) is 14.9. The number of hydrogen-bond acceptors (Lipinski definition) is 4. The fraction of sp³-hybridized carbons (Fsp3) is 0.765. The summed E-state index contributed by atoms with van der Waals surface area (Å²) in [6.45, 7) is 7.57. The first-order chi connectivity index (χ1) is 11.1. The predicted octanol–water partition coefficient (Wildman–Crippen LogP) is 3.16. The van der Waals surface area contributed by atoms with E-state index in [0.29, 0.717) is 25.0 Å². The molecule has 7 heteroatoms. The second-order valence-electron chi connectivity index (χ2n) is 7.03. The second kappa shape index (κ2) is 9.01. The summed E-state index contributed by atoms with van der Waals surface area (Å²) >= 11 is 0. The number of aliphatic carboxylic acids is 1. The summed E-state index contributed by atoms with van der Waals surface area (Å²) in [4.78, 5) is 24.1. The molecule has 1 rings (SSSR count). The van der Waals surface area contributed by atoms with Gasteiger partial charge in [-0.3, -0.25) is 4.90 Å². The van der Waals surface area contributed by atoms with E-state index in [0.717, 1.165) is 0 Å². The maximum absolute atomic E-state index is 13.6. The Labute approximate surface area is 142 Å². The number of amides is 1. The highest BCUT2D eigenvalue weighted by atomic mass is 19.1. The van der Waals surface area contributed by atoms with Crippen LogP contribution < -0.4 is 0 Å². The van der Waals surface area contributed by atoms with Crippen molar-refractivity contribution in [1.29, 1.82) is 0 Å². The number of carboxylic acids is 1. The minimum Gasteiger partial charge on any atom is -0.478 e. The predicted molar refractivity (Wildman–Crippen MR) is 87.7 cm³/mol. The van der Waals surface area contributed by atoms with E-state index in [1.807, 2.05) is 0 Å². The molecule has 1 saturated heterocycles. The number of carbonyl (C=O) groups is 2. The lowest BCUT2D eigenvalue weighted by Gasteiger charge is -2.28. The number of alkyl halides is 1. The van der Waals surface area contributed by atoms with Crippen LogP contribution in [0.4, 0.5) is 9.18 Å². The van der Waals surface area contributed by atoms with E-state index in [1.165, 1.54) is 4.90 Å². The molecule has 138 valence electrons. The lowest BCUT2D eigenvalue weighted by Crippen LogP contribution is -2.42. The van der Waals surface area contributed by atoms with Crippen LogP contribution in [0.3, 0.4) is 0 Å². The van der Waals surface area contributed by atoms with Crippen molar-refractivity contribution in [3.8, 4) is 0 Å². The molecule has 0 saturated carbocycles. The molecular weight excluding hydrogens is 317 g/mol. The van der Waals surface area contributed by atoms with E-state index < -0.39 is 23.8 Å². The van der Waals surface area contributed by atoms with Crippen LogP contribution in [0.5, 0.6) is 0 Å². The minimum absolute atomic E-state index is 0.0312. The minimum atomic E-state index is -1.06. The van der Waals surface area contributed by atoms with Gasteiger partial charge in [-0.1, -0.05) is 6.08 Å². The Morgan fingerprint density at radius 2 is 2.04 bits per heavy atom. The Morgan fingerprint density at radius 3 is 2.62 bits per heavy atom. The molecule has 0 bridgehead atoms. The number of rotatable bonds is 7. The van der Waals surface area contributed by atoms with Gasteiger partial charge in [-0.15, -0.1) is 0 Å². The van der Waals surface area contributed by atoms with Crippen LogP contribution >= 0.6 is 0 Å². The molecule has 0 unspecified atom stereocenters. The third-order valence-corrected chi connectivity index (χ3v) is 3.58. The van der Waals surface area contributed by atoms with Gasteiger partial charge in [0.25, 0.3) is 0 Å². The van der Waals surface area contributed by atoms with Crippen molar-refractivity contribution in [1.82, 2.24) is 4.90 Å². The van der Waals surface area contributed by atoms with Crippen molar-refractivity contribution in [2.24, 2.45) is 0 Å². The number of hydrogen-bond donors (Lipinski definition) is 1. The number of likely N-dealkylation sites (tertiary alicyclic amines) is 1. The molecule has 1 aliphatic rings. The van der Waals surface area contributed by atoms with Gasteiger partial charge in [-0.25, -0.2) is 14.0 Å². The monoisotopic (exact) mass is 345 g/mol. The van der Waals surface area contributed by atoms with Gasteiger partial charge < -0.3 is 14.6 Å². The Morgan fingerprint density at radius 1 is 1.38 bits per heavy atom. The molecule has 1 aliphatic heterocycles. The van der Waals surface area contributed by atoms with E-state index >= 15 is 0 Å². The van der Waals surface area contributed by atoms with E-state index in [2.05, 4.69) is 0 Å². The van der Waals surface area contributed by atoms with Crippen molar-refractivity contribution in [2.75, 3.05) is 19.8 Å². The second-order valence-corrected chi connectivity index (χ2v) is 7.03. The highest BCUT2D eigenvalue weighted by molar-refractivity contribution is 5.85. The highest BCUT2D eigenvalue weighted by Gasteiger charge is 2.37. The van der Waals surface area contributed by atoms with Gasteiger partial charge in [-0.05, 0) is 40.5 Å². The fourth-order valence-electron chi connectivity index (χ4n) is 2.37. The van der Waals surface area contributed by atoms with Gasteiger partial charge in [-0.2, -0.15) is 0 Å². The largest absolute Gasteiger partial charge is 0.478 e. The van der Waals surface area contributed by atoms with Crippen LogP contribution in [-0.4, -0.2) is 59.6 Å². The summed E-state index contributed by atoms with van der Waals surface area (Å²) in [7, 11) is 0. The average molecular weight is 345 g/mol. The number of allylic oxidation sites excluding steroid dienone is 1. The van der Waals surface area contributed by atoms with Crippen LogP contribution in [0, 0.1) is 0 Å². The van der Waals surface area contributed by atoms with Crippen LogP contribution in [0.2, 0.25) is 0 Å². The number of halogens is 1. The molecule has 24 heavy (non-hydrogen) atoms. The Hall–Kier alpha value is -1.63. The Kier molecular flexibility index (Phi) is 7.66. The normalized spacial score (nSPS) is 21.9. The number of nitrogens with zero attached hydrogens (tertiary/aromatic N) is 1. The lowest BCUT2D eigenvalue weighted by molar-refractivity contribution is -0.132. The topological polar surface area (TPSA) is 76.1 Å². The van der Waals surface area contributed by atoms with Gasteiger partial charge in [0.1, 0.15) is 11.8 Å². The standard InChI is InChI=1S/C17H28FNO5/c1-12(15(20)21)7-5-6-8-23-11-14-9-13(18)10-19(14)16(22)24-17(2,3)4/h7,13-14H,5-6,8-11H2,1-4H3,(H,20,21)/t13-,14-/m0/s1. The first kappa shape index (κ1) is 20.4. The summed E-state index contributed by atoms with van der Waals surface area (Å²) in [6.07, 6.45) is 1.58.